The lowest BCUT2D eigenvalue weighted by molar-refractivity contribution is 0.113. The normalized spacial score (nSPS) is 13.1. The molecule has 1 aromatic heterocycles. The van der Waals surface area contributed by atoms with Gasteiger partial charge in [-0.2, -0.15) is 0 Å². The number of hydrogen-bond donors (Lipinski definition) is 2. The zero-order chi connectivity index (χ0) is 13.0. The maximum absolute atomic E-state index is 9.31. The largest absolute Gasteiger partial charge is 0.394 e. The number of hydrogen-bond acceptors (Lipinski definition) is 5. The SMILES string of the molecule is Cc1c(Cl)nc(C(C)C)nc1SCC(O)CO. The molecule has 0 saturated carbocycles. The quantitative estimate of drug-likeness (QED) is 0.636. The number of halogens is 1. The molecular formula is C11H17ClN2O2S. The predicted molar refractivity (Wildman–Crippen MR) is 69.7 cm³/mol. The van der Waals surface area contributed by atoms with E-state index in [0.717, 1.165) is 10.6 Å². The first-order valence-electron chi connectivity index (χ1n) is 5.41. The topological polar surface area (TPSA) is 66.2 Å². The Morgan fingerprint density at radius 1 is 1.35 bits per heavy atom. The first kappa shape index (κ1) is 14.7. The van der Waals surface area contributed by atoms with E-state index in [1.807, 2.05) is 20.8 Å². The number of aromatic nitrogens is 2. The Hall–Kier alpha value is -0.360. The summed E-state index contributed by atoms with van der Waals surface area (Å²) in [6.07, 6.45) is -0.740. The first-order chi connectivity index (χ1) is 7.95. The van der Waals surface area contributed by atoms with Crippen molar-refractivity contribution >= 4 is 23.4 Å². The van der Waals surface area contributed by atoms with Gasteiger partial charge in [-0.05, 0) is 6.92 Å². The molecule has 0 aromatic carbocycles. The standard InChI is InChI=1S/C11H17ClN2O2S/c1-6(2)10-13-9(12)7(3)11(14-10)17-5-8(16)4-15/h6,8,15-16H,4-5H2,1-3H3. The maximum Gasteiger partial charge on any atom is 0.136 e. The molecule has 0 spiro atoms. The summed E-state index contributed by atoms with van der Waals surface area (Å²) in [5.74, 6) is 1.29. The summed E-state index contributed by atoms with van der Waals surface area (Å²) in [5.41, 5.74) is 0.811. The van der Waals surface area contributed by atoms with Crippen LogP contribution in [0.25, 0.3) is 0 Å². The Morgan fingerprint density at radius 2 is 2.00 bits per heavy atom. The number of thioether (sulfide) groups is 1. The minimum atomic E-state index is -0.740. The second kappa shape index (κ2) is 6.54. The van der Waals surface area contributed by atoms with E-state index in [1.165, 1.54) is 11.8 Å². The smallest absolute Gasteiger partial charge is 0.136 e. The second-order valence-corrected chi connectivity index (χ2v) is 5.47. The van der Waals surface area contributed by atoms with Crippen molar-refractivity contribution in [2.75, 3.05) is 12.4 Å². The van der Waals surface area contributed by atoms with Crippen LogP contribution in [-0.4, -0.2) is 38.6 Å². The third-order valence-electron chi connectivity index (χ3n) is 2.20. The van der Waals surface area contributed by atoms with E-state index in [4.69, 9.17) is 16.7 Å². The van der Waals surface area contributed by atoms with Crippen LogP contribution in [0.5, 0.6) is 0 Å². The Balaban J connectivity index is 2.90. The maximum atomic E-state index is 9.31. The summed E-state index contributed by atoms with van der Waals surface area (Å²) in [5, 5.41) is 19.3. The van der Waals surface area contributed by atoms with Crippen molar-refractivity contribution in [1.29, 1.82) is 0 Å². The summed E-state index contributed by atoms with van der Waals surface area (Å²) < 4.78 is 0. The Bertz CT molecular complexity index is 388. The summed E-state index contributed by atoms with van der Waals surface area (Å²) in [7, 11) is 0. The van der Waals surface area contributed by atoms with Crippen LogP contribution in [0.15, 0.2) is 5.03 Å². The molecule has 0 aliphatic rings. The molecule has 4 nitrogen and oxygen atoms in total. The van der Waals surface area contributed by atoms with Crippen LogP contribution in [0.2, 0.25) is 5.15 Å². The van der Waals surface area contributed by atoms with Gasteiger partial charge in [0, 0.05) is 17.2 Å². The molecule has 0 aliphatic carbocycles. The third-order valence-corrected chi connectivity index (χ3v) is 3.79. The Kier molecular flexibility index (Phi) is 5.66. The van der Waals surface area contributed by atoms with Crippen LogP contribution in [0.4, 0.5) is 0 Å². The average Bonchev–Trinajstić information content (AvgIpc) is 2.30. The van der Waals surface area contributed by atoms with Gasteiger partial charge in [0.2, 0.25) is 0 Å². The zero-order valence-electron chi connectivity index (χ0n) is 10.1. The van der Waals surface area contributed by atoms with Crippen LogP contribution >= 0.6 is 23.4 Å². The van der Waals surface area contributed by atoms with Crippen LogP contribution in [0, 0.1) is 6.92 Å². The summed E-state index contributed by atoms with van der Waals surface area (Å²) in [4.78, 5) is 8.62. The van der Waals surface area contributed by atoms with Gasteiger partial charge in [-0.3, -0.25) is 0 Å². The molecule has 17 heavy (non-hydrogen) atoms. The van der Waals surface area contributed by atoms with Crippen molar-refractivity contribution in [1.82, 2.24) is 9.97 Å². The molecule has 96 valence electrons. The predicted octanol–water partition coefficient (Wildman–Crippen LogP) is 2.01. The molecule has 1 atom stereocenters. The molecule has 0 bridgehead atoms. The van der Waals surface area contributed by atoms with Crippen molar-refractivity contribution in [2.24, 2.45) is 0 Å². The van der Waals surface area contributed by atoms with Crippen molar-refractivity contribution in [3.8, 4) is 0 Å². The van der Waals surface area contributed by atoms with Crippen molar-refractivity contribution in [3.05, 3.63) is 16.5 Å². The van der Waals surface area contributed by atoms with Gasteiger partial charge < -0.3 is 10.2 Å². The molecule has 0 saturated heterocycles. The summed E-state index contributed by atoms with van der Waals surface area (Å²) in [6, 6.07) is 0. The Morgan fingerprint density at radius 3 is 2.53 bits per heavy atom. The van der Waals surface area contributed by atoms with E-state index >= 15 is 0 Å². The van der Waals surface area contributed by atoms with Gasteiger partial charge in [0.05, 0.1) is 12.7 Å². The average molecular weight is 277 g/mol. The highest BCUT2D eigenvalue weighted by Crippen LogP contribution is 2.27. The molecule has 0 fully saturated rings. The third kappa shape index (κ3) is 4.10. The molecule has 1 rings (SSSR count). The molecule has 0 radical (unpaired) electrons. The van der Waals surface area contributed by atoms with Gasteiger partial charge in [0.15, 0.2) is 0 Å². The van der Waals surface area contributed by atoms with E-state index in [-0.39, 0.29) is 12.5 Å². The fourth-order valence-corrected chi connectivity index (χ4v) is 2.27. The lowest BCUT2D eigenvalue weighted by Gasteiger charge is -2.12. The van der Waals surface area contributed by atoms with E-state index in [2.05, 4.69) is 9.97 Å². The molecule has 1 heterocycles. The first-order valence-corrected chi connectivity index (χ1v) is 6.77. The monoisotopic (exact) mass is 276 g/mol. The fourth-order valence-electron chi connectivity index (χ4n) is 1.11. The lowest BCUT2D eigenvalue weighted by atomic mass is 10.2. The molecule has 0 amide bonds. The van der Waals surface area contributed by atoms with Gasteiger partial charge in [-0.1, -0.05) is 25.4 Å². The molecule has 0 aliphatic heterocycles. The highest BCUT2D eigenvalue weighted by Gasteiger charge is 2.13. The highest BCUT2D eigenvalue weighted by molar-refractivity contribution is 7.99. The van der Waals surface area contributed by atoms with Crippen LogP contribution in [0.1, 0.15) is 31.2 Å². The molecule has 1 unspecified atom stereocenters. The number of rotatable bonds is 5. The Labute approximate surface area is 110 Å². The van der Waals surface area contributed by atoms with Gasteiger partial charge in [-0.15, -0.1) is 11.8 Å². The van der Waals surface area contributed by atoms with Gasteiger partial charge in [-0.25, -0.2) is 9.97 Å². The molecule has 1 aromatic rings. The van der Waals surface area contributed by atoms with Crippen molar-refractivity contribution < 1.29 is 10.2 Å². The van der Waals surface area contributed by atoms with E-state index < -0.39 is 6.10 Å². The fraction of sp³-hybridized carbons (Fsp3) is 0.636. The molecular weight excluding hydrogens is 260 g/mol. The number of aliphatic hydroxyl groups excluding tert-OH is 2. The van der Waals surface area contributed by atoms with Crippen LogP contribution in [-0.2, 0) is 0 Å². The minimum absolute atomic E-state index is 0.204. The minimum Gasteiger partial charge on any atom is -0.394 e. The van der Waals surface area contributed by atoms with E-state index in [9.17, 15) is 5.11 Å². The van der Waals surface area contributed by atoms with Crippen LogP contribution < -0.4 is 0 Å². The van der Waals surface area contributed by atoms with Crippen molar-refractivity contribution in [3.63, 3.8) is 0 Å². The molecule has 2 N–H and O–H groups in total. The van der Waals surface area contributed by atoms with Crippen molar-refractivity contribution in [2.45, 2.75) is 37.8 Å². The highest BCUT2D eigenvalue weighted by atomic mass is 35.5. The van der Waals surface area contributed by atoms with Gasteiger partial charge in [0.1, 0.15) is 16.0 Å². The second-order valence-electron chi connectivity index (χ2n) is 4.10. The lowest BCUT2D eigenvalue weighted by Crippen LogP contribution is -2.15. The number of nitrogens with zero attached hydrogens (tertiary/aromatic N) is 2. The van der Waals surface area contributed by atoms with Gasteiger partial charge in [0.25, 0.3) is 0 Å². The summed E-state index contributed by atoms with van der Waals surface area (Å²) in [6.45, 7) is 5.60. The summed E-state index contributed by atoms with van der Waals surface area (Å²) >= 11 is 7.42. The van der Waals surface area contributed by atoms with Crippen LogP contribution in [0.3, 0.4) is 0 Å². The zero-order valence-corrected chi connectivity index (χ0v) is 11.7. The number of aliphatic hydroxyl groups is 2. The van der Waals surface area contributed by atoms with E-state index in [0.29, 0.717) is 16.7 Å². The molecule has 6 heteroatoms. The van der Waals surface area contributed by atoms with E-state index in [1.54, 1.807) is 0 Å². The van der Waals surface area contributed by atoms with Gasteiger partial charge >= 0.3 is 0 Å².